The van der Waals surface area contributed by atoms with Gasteiger partial charge in [0.2, 0.25) is 5.88 Å². The van der Waals surface area contributed by atoms with Crippen LogP contribution in [-0.2, 0) is 11.3 Å². The lowest BCUT2D eigenvalue weighted by Gasteiger charge is -2.12. The molecular weight excluding hydrogens is 192 g/mol. The molecule has 0 aliphatic heterocycles. The van der Waals surface area contributed by atoms with Crippen LogP contribution in [0.4, 0.5) is 0 Å². The largest absolute Gasteiger partial charge is 0.481 e. The molecule has 0 bridgehead atoms. The molecule has 1 atom stereocenters. The van der Waals surface area contributed by atoms with Gasteiger partial charge in [0.05, 0.1) is 13.7 Å². The van der Waals surface area contributed by atoms with E-state index in [1.54, 1.807) is 20.4 Å². The number of pyridine rings is 1. The normalized spacial score (nSPS) is 12.5. The molecule has 15 heavy (non-hydrogen) atoms. The smallest absolute Gasteiger partial charge is 0.213 e. The Morgan fingerprint density at radius 2 is 2.27 bits per heavy atom. The molecule has 1 rings (SSSR count). The molecule has 0 aromatic carbocycles. The molecule has 1 aromatic heterocycles. The lowest BCUT2D eigenvalue weighted by molar-refractivity contribution is 0.171. The summed E-state index contributed by atoms with van der Waals surface area (Å²) in [5.74, 6) is 0.647. The van der Waals surface area contributed by atoms with Crippen molar-refractivity contribution in [3.63, 3.8) is 0 Å². The Morgan fingerprint density at radius 3 is 2.93 bits per heavy atom. The molecule has 0 radical (unpaired) electrons. The van der Waals surface area contributed by atoms with Crippen LogP contribution in [0.1, 0.15) is 12.5 Å². The van der Waals surface area contributed by atoms with Crippen molar-refractivity contribution in [1.82, 2.24) is 10.3 Å². The van der Waals surface area contributed by atoms with Gasteiger partial charge in [0.15, 0.2) is 0 Å². The van der Waals surface area contributed by atoms with Gasteiger partial charge in [-0.1, -0.05) is 0 Å². The minimum atomic E-state index is 0.342. The van der Waals surface area contributed by atoms with E-state index in [0.717, 1.165) is 12.1 Å². The van der Waals surface area contributed by atoms with Gasteiger partial charge in [-0.15, -0.1) is 0 Å². The summed E-state index contributed by atoms with van der Waals surface area (Å²) in [6.07, 6.45) is 1.75. The monoisotopic (exact) mass is 210 g/mol. The molecule has 84 valence electrons. The number of nitrogens with one attached hydrogen (secondary N) is 1. The maximum absolute atomic E-state index is 5.05. The highest BCUT2D eigenvalue weighted by atomic mass is 16.5. The molecule has 4 heteroatoms. The van der Waals surface area contributed by atoms with Crippen LogP contribution in [0.15, 0.2) is 18.3 Å². The fraction of sp³-hybridized carbons (Fsp3) is 0.545. The molecule has 0 saturated heterocycles. The molecule has 0 spiro atoms. The second-order valence-electron chi connectivity index (χ2n) is 3.44. The SMILES string of the molecule is COCC(C)NCc1ccnc(OC)c1. The van der Waals surface area contributed by atoms with E-state index in [0.29, 0.717) is 18.5 Å². The van der Waals surface area contributed by atoms with Crippen LogP contribution in [0.25, 0.3) is 0 Å². The van der Waals surface area contributed by atoms with Crippen molar-refractivity contribution in [3.05, 3.63) is 23.9 Å². The Labute approximate surface area is 90.6 Å². The third kappa shape index (κ3) is 4.27. The van der Waals surface area contributed by atoms with Crippen LogP contribution < -0.4 is 10.1 Å². The van der Waals surface area contributed by atoms with E-state index in [9.17, 15) is 0 Å². The van der Waals surface area contributed by atoms with Crippen LogP contribution in [0, 0.1) is 0 Å². The van der Waals surface area contributed by atoms with Gasteiger partial charge in [-0.05, 0) is 18.6 Å². The number of nitrogens with zero attached hydrogens (tertiary/aromatic N) is 1. The van der Waals surface area contributed by atoms with Crippen LogP contribution in [-0.4, -0.2) is 31.9 Å². The van der Waals surface area contributed by atoms with Gasteiger partial charge in [-0.3, -0.25) is 0 Å². The van der Waals surface area contributed by atoms with E-state index in [2.05, 4.69) is 17.2 Å². The Balaban J connectivity index is 2.43. The summed E-state index contributed by atoms with van der Waals surface area (Å²) in [7, 11) is 3.32. The van der Waals surface area contributed by atoms with Crippen molar-refractivity contribution in [1.29, 1.82) is 0 Å². The molecule has 0 fully saturated rings. The molecule has 1 heterocycles. The lowest BCUT2D eigenvalue weighted by Crippen LogP contribution is -2.29. The maximum Gasteiger partial charge on any atom is 0.213 e. The standard InChI is InChI=1S/C11H18N2O2/c1-9(8-14-2)13-7-10-4-5-12-11(6-10)15-3/h4-6,9,13H,7-8H2,1-3H3. The third-order valence-electron chi connectivity index (χ3n) is 2.08. The zero-order valence-electron chi connectivity index (χ0n) is 9.49. The first-order valence-electron chi connectivity index (χ1n) is 4.97. The molecule has 1 aromatic rings. The Morgan fingerprint density at radius 1 is 1.47 bits per heavy atom. The van der Waals surface area contributed by atoms with Crippen molar-refractivity contribution in [2.24, 2.45) is 0 Å². The third-order valence-corrected chi connectivity index (χ3v) is 2.08. The summed E-state index contributed by atoms with van der Waals surface area (Å²) in [6.45, 7) is 3.59. The van der Waals surface area contributed by atoms with E-state index in [4.69, 9.17) is 9.47 Å². The first kappa shape index (κ1) is 11.9. The minimum absolute atomic E-state index is 0.342. The highest BCUT2D eigenvalue weighted by Crippen LogP contribution is 2.08. The first-order valence-corrected chi connectivity index (χ1v) is 4.97. The van der Waals surface area contributed by atoms with E-state index in [1.165, 1.54) is 0 Å². The van der Waals surface area contributed by atoms with Gasteiger partial charge in [0, 0.05) is 32.0 Å². The predicted octanol–water partition coefficient (Wildman–Crippen LogP) is 1.21. The predicted molar refractivity (Wildman–Crippen MR) is 59.0 cm³/mol. The zero-order chi connectivity index (χ0) is 11.1. The second kappa shape index (κ2) is 6.37. The van der Waals surface area contributed by atoms with Crippen molar-refractivity contribution in [3.8, 4) is 5.88 Å². The quantitative estimate of drug-likeness (QED) is 0.766. The average molecular weight is 210 g/mol. The molecule has 4 nitrogen and oxygen atoms in total. The summed E-state index contributed by atoms with van der Waals surface area (Å²) < 4.78 is 10.1. The number of aromatic nitrogens is 1. The van der Waals surface area contributed by atoms with Crippen LogP contribution in [0.3, 0.4) is 0 Å². The number of methoxy groups -OCH3 is 2. The van der Waals surface area contributed by atoms with Gasteiger partial charge in [-0.2, -0.15) is 0 Å². The lowest BCUT2D eigenvalue weighted by atomic mass is 10.2. The minimum Gasteiger partial charge on any atom is -0.481 e. The molecule has 1 N–H and O–H groups in total. The van der Waals surface area contributed by atoms with Crippen molar-refractivity contribution >= 4 is 0 Å². The molecule has 0 saturated carbocycles. The molecular formula is C11H18N2O2. The van der Waals surface area contributed by atoms with Gasteiger partial charge in [-0.25, -0.2) is 4.98 Å². The fourth-order valence-electron chi connectivity index (χ4n) is 1.27. The van der Waals surface area contributed by atoms with Crippen LogP contribution in [0.5, 0.6) is 5.88 Å². The molecule has 1 unspecified atom stereocenters. The summed E-state index contributed by atoms with van der Waals surface area (Å²) in [5, 5.41) is 3.34. The van der Waals surface area contributed by atoms with E-state index in [-0.39, 0.29) is 0 Å². The summed E-state index contributed by atoms with van der Waals surface area (Å²) in [5.41, 5.74) is 1.16. The zero-order valence-corrected chi connectivity index (χ0v) is 9.49. The summed E-state index contributed by atoms with van der Waals surface area (Å²) in [6, 6.07) is 4.23. The average Bonchev–Trinajstić information content (AvgIpc) is 2.27. The van der Waals surface area contributed by atoms with Crippen LogP contribution in [0.2, 0.25) is 0 Å². The van der Waals surface area contributed by atoms with E-state index >= 15 is 0 Å². The number of rotatable bonds is 6. The second-order valence-corrected chi connectivity index (χ2v) is 3.44. The van der Waals surface area contributed by atoms with E-state index in [1.807, 2.05) is 12.1 Å². The van der Waals surface area contributed by atoms with Gasteiger partial charge < -0.3 is 14.8 Å². The van der Waals surface area contributed by atoms with Crippen molar-refractivity contribution < 1.29 is 9.47 Å². The number of ether oxygens (including phenoxy) is 2. The fourth-order valence-corrected chi connectivity index (χ4v) is 1.27. The Kier molecular flexibility index (Phi) is 5.07. The van der Waals surface area contributed by atoms with Crippen molar-refractivity contribution in [2.75, 3.05) is 20.8 Å². The number of hydrogen-bond donors (Lipinski definition) is 1. The summed E-state index contributed by atoms with van der Waals surface area (Å²) >= 11 is 0. The highest BCUT2D eigenvalue weighted by Gasteiger charge is 2.01. The van der Waals surface area contributed by atoms with Crippen molar-refractivity contribution in [2.45, 2.75) is 19.5 Å². The number of hydrogen-bond acceptors (Lipinski definition) is 4. The Bertz CT molecular complexity index is 292. The van der Waals surface area contributed by atoms with Gasteiger partial charge >= 0.3 is 0 Å². The highest BCUT2D eigenvalue weighted by molar-refractivity contribution is 5.20. The topological polar surface area (TPSA) is 43.4 Å². The first-order chi connectivity index (χ1) is 7.26. The Hall–Kier alpha value is -1.13. The van der Waals surface area contributed by atoms with Gasteiger partial charge in [0.1, 0.15) is 0 Å². The molecule has 0 amide bonds. The molecule has 0 aliphatic rings. The maximum atomic E-state index is 5.05. The van der Waals surface area contributed by atoms with Gasteiger partial charge in [0.25, 0.3) is 0 Å². The summed E-state index contributed by atoms with van der Waals surface area (Å²) in [4.78, 5) is 4.05. The van der Waals surface area contributed by atoms with E-state index < -0.39 is 0 Å². The molecule has 0 aliphatic carbocycles. The van der Waals surface area contributed by atoms with Crippen LogP contribution >= 0.6 is 0 Å².